The molecule has 0 N–H and O–H groups in total. The Hall–Kier alpha value is -0.100. The molecule has 2 nitrogen and oxygen atoms in total. The molecule has 0 atom stereocenters. The quantitative estimate of drug-likeness (QED) is 0.591. The first-order chi connectivity index (χ1) is 6.16. The Balaban J connectivity index is 2.95. The smallest absolute Gasteiger partial charge is 0.237 e. The molecular formula is C9H9BrINO. The Labute approximate surface area is 99.6 Å². The monoisotopic (exact) mass is 353 g/mol. The largest absolute Gasteiger partial charge is 0.314 e. The zero-order valence-corrected chi connectivity index (χ0v) is 10.9. The maximum atomic E-state index is 11.3. The van der Waals surface area contributed by atoms with Crippen molar-refractivity contribution in [3.63, 3.8) is 0 Å². The minimum Gasteiger partial charge on any atom is -0.314 e. The highest BCUT2D eigenvalue weighted by molar-refractivity contribution is 14.1. The predicted octanol–water partition coefficient (Wildman–Crippen LogP) is 2.65. The van der Waals surface area contributed by atoms with Crippen LogP contribution in [0.5, 0.6) is 0 Å². The lowest BCUT2D eigenvalue weighted by molar-refractivity contribution is -0.115. The molecule has 0 fully saturated rings. The number of hydrogen-bond acceptors (Lipinski definition) is 1. The molecule has 0 spiro atoms. The third-order valence-corrected chi connectivity index (χ3v) is 3.09. The van der Waals surface area contributed by atoms with Crippen LogP contribution in [0.25, 0.3) is 0 Å². The number of rotatable bonds is 2. The Morgan fingerprint density at radius 2 is 2.15 bits per heavy atom. The highest BCUT2D eigenvalue weighted by Crippen LogP contribution is 2.20. The minimum absolute atomic E-state index is 0.0594. The van der Waals surface area contributed by atoms with Crippen molar-refractivity contribution < 1.29 is 4.79 Å². The van der Waals surface area contributed by atoms with E-state index < -0.39 is 0 Å². The Bertz CT molecular complexity index is 316. The van der Waals surface area contributed by atoms with Crippen LogP contribution >= 0.6 is 38.5 Å². The number of nitrogens with zero attached hydrogens (tertiary/aromatic N) is 1. The summed E-state index contributed by atoms with van der Waals surface area (Å²) in [5.74, 6) is 0.0594. The summed E-state index contributed by atoms with van der Waals surface area (Å²) >= 11 is 5.36. The molecule has 0 saturated carbocycles. The number of benzene rings is 1. The normalized spacial score (nSPS) is 9.77. The SMILES string of the molecule is CN(C(=O)CBr)c1ccccc1I. The summed E-state index contributed by atoms with van der Waals surface area (Å²) in [7, 11) is 1.78. The molecule has 0 aliphatic carbocycles. The summed E-state index contributed by atoms with van der Waals surface area (Å²) in [6.07, 6.45) is 0. The zero-order chi connectivity index (χ0) is 9.84. The van der Waals surface area contributed by atoms with Gasteiger partial charge in [-0.25, -0.2) is 0 Å². The van der Waals surface area contributed by atoms with Crippen molar-refractivity contribution in [2.24, 2.45) is 0 Å². The van der Waals surface area contributed by atoms with Gasteiger partial charge in [-0.2, -0.15) is 0 Å². The fourth-order valence-electron chi connectivity index (χ4n) is 0.948. The number of para-hydroxylation sites is 1. The Morgan fingerprint density at radius 3 is 2.69 bits per heavy atom. The van der Waals surface area contributed by atoms with Gasteiger partial charge in [-0.05, 0) is 34.7 Å². The van der Waals surface area contributed by atoms with Crippen LogP contribution in [-0.4, -0.2) is 18.3 Å². The van der Waals surface area contributed by atoms with E-state index in [0.717, 1.165) is 9.26 Å². The highest BCUT2D eigenvalue weighted by Gasteiger charge is 2.10. The average molecular weight is 354 g/mol. The number of hydrogen-bond donors (Lipinski definition) is 0. The molecule has 0 unspecified atom stereocenters. The fraction of sp³-hybridized carbons (Fsp3) is 0.222. The topological polar surface area (TPSA) is 20.3 Å². The molecule has 4 heteroatoms. The number of carbonyl (C=O) groups is 1. The molecule has 0 aliphatic heterocycles. The van der Waals surface area contributed by atoms with Crippen molar-refractivity contribution in [2.75, 3.05) is 17.3 Å². The second-order valence-corrected chi connectivity index (χ2v) is 4.26. The van der Waals surface area contributed by atoms with E-state index in [-0.39, 0.29) is 5.91 Å². The summed E-state index contributed by atoms with van der Waals surface area (Å²) in [6.45, 7) is 0. The van der Waals surface area contributed by atoms with Crippen LogP contribution in [0.2, 0.25) is 0 Å². The van der Waals surface area contributed by atoms with Crippen LogP contribution in [-0.2, 0) is 4.79 Å². The molecule has 1 aromatic carbocycles. The van der Waals surface area contributed by atoms with E-state index in [1.165, 1.54) is 0 Å². The molecule has 0 bridgehead atoms. The van der Waals surface area contributed by atoms with E-state index in [2.05, 4.69) is 38.5 Å². The van der Waals surface area contributed by atoms with Gasteiger partial charge in [0.2, 0.25) is 5.91 Å². The van der Waals surface area contributed by atoms with Gasteiger partial charge in [0.05, 0.1) is 11.0 Å². The van der Waals surface area contributed by atoms with Crippen molar-refractivity contribution in [2.45, 2.75) is 0 Å². The van der Waals surface area contributed by atoms with Crippen LogP contribution in [0.1, 0.15) is 0 Å². The molecular weight excluding hydrogens is 345 g/mol. The van der Waals surface area contributed by atoms with Gasteiger partial charge in [0.1, 0.15) is 0 Å². The van der Waals surface area contributed by atoms with E-state index in [1.54, 1.807) is 11.9 Å². The Kier molecular flexibility index (Phi) is 4.18. The number of halogens is 2. The molecule has 0 saturated heterocycles. The average Bonchev–Trinajstić information content (AvgIpc) is 2.16. The molecule has 70 valence electrons. The van der Waals surface area contributed by atoms with E-state index in [1.807, 2.05) is 24.3 Å². The first kappa shape index (κ1) is 11.0. The standard InChI is InChI=1S/C9H9BrINO/c1-12(9(13)6-10)8-5-3-2-4-7(8)11/h2-5H,6H2,1H3. The van der Waals surface area contributed by atoms with Gasteiger partial charge in [-0.1, -0.05) is 28.1 Å². The molecule has 1 amide bonds. The first-order valence-electron chi connectivity index (χ1n) is 3.74. The fourth-order valence-corrected chi connectivity index (χ4v) is 2.07. The molecule has 0 heterocycles. The molecule has 13 heavy (non-hydrogen) atoms. The summed E-state index contributed by atoms with van der Waals surface area (Å²) in [4.78, 5) is 13.0. The number of alkyl halides is 1. The summed E-state index contributed by atoms with van der Waals surface area (Å²) in [5, 5.41) is 0.356. The molecule has 0 aromatic heterocycles. The van der Waals surface area contributed by atoms with Gasteiger partial charge in [0.15, 0.2) is 0 Å². The molecule has 0 aliphatic rings. The molecule has 1 aromatic rings. The summed E-state index contributed by atoms with van der Waals surface area (Å²) in [6, 6.07) is 7.80. The van der Waals surface area contributed by atoms with Crippen LogP contribution in [0.3, 0.4) is 0 Å². The summed E-state index contributed by atoms with van der Waals surface area (Å²) in [5.41, 5.74) is 0.951. The van der Waals surface area contributed by atoms with Gasteiger partial charge < -0.3 is 4.90 Å². The van der Waals surface area contributed by atoms with Gasteiger partial charge in [-0.3, -0.25) is 4.79 Å². The van der Waals surface area contributed by atoms with E-state index in [4.69, 9.17) is 0 Å². The lowest BCUT2D eigenvalue weighted by Gasteiger charge is -2.17. The van der Waals surface area contributed by atoms with Crippen molar-refractivity contribution >= 4 is 50.1 Å². The van der Waals surface area contributed by atoms with Crippen molar-refractivity contribution in [1.29, 1.82) is 0 Å². The Morgan fingerprint density at radius 1 is 1.54 bits per heavy atom. The van der Waals surface area contributed by atoms with Gasteiger partial charge in [0.25, 0.3) is 0 Å². The number of amides is 1. The van der Waals surface area contributed by atoms with Crippen LogP contribution in [0.4, 0.5) is 5.69 Å². The minimum atomic E-state index is 0.0594. The van der Waals surface area contributed by atoms with E-state index in [9.17, 15) is 4.79 Å². The van der Waals surface area contributed by atoms with Crippen LogP contribution in [0, 0.1) is 3.57 Å². The van der Waals surface area contributed by atoms with E-state index in [0.29, 0.717) is 5.33 Å². The van der Waals surface area contributed by atoms with E-state index >= 15 is 0 Å². The summed E-state index contributed by atoms with van der Waals surface area (Å²) < 4.78 is 1.08. The number of carbonyl (C=O) groups excluding carboxylic acids is 1. The maximum Gasteiger partial charge on any atom is 0.237 e. The van der Waals surface area contributed by atoms with Crippen LogP contribution < -0.4 is 4.90 Å². The highest BCUT2D eigenvalue weighted by atomic mass is 127. The van der Waals surface area contributed by atoms with Crippen molar-refractivity contribution in [1.82, 2.24) is 0 Å². The van der Waals surface area contributed by atoms with Gasteiger partial charge in [-0.15, -0.1) is 0 Å². The first-order valence-corrected chi connectivity index (χ1v) is 5.94. The molecule has 1 rings (SSSR count). The zero-order valence-electron chi connectivity index (χ0n) is 7.13. The molecule has 0 radical (unpaired) electrons. The maximum absolute atomic E-state index is 11.3. The van der Waals surface area contributed by atoms with Gasteiger partial charge in [0, 0.05) is 10.6 Å². The lowest BCUT2D eigenvalue weighted by Crippen LogP contribution is -2.27. The number of anilines is 1. The predicted molar refractivity (Wildman–Crippen MR) is 66.4 cm³/mol. The third-order valence-electron chi connectivity index (χ3n) is 1.70. The van der Waals surface area contributed by atoms with Crippen molar-refractivity contribution in [3.05, 3.63) is 27.8 Å². The third kappa shape index (κ3) is 2.67. The second kappa shape index (κ2) is 4.95. The second-order valence-electron chi connectivity index (χ2n) is 2.54. The lowest BCUT2D eigenvalue weighted by atomic mass is 10.3. The van der Waals surface area contributed by atoms with Gasteiger partial charge >= 0.3 is 0 Å². The van der Waals surface area contributed by atoms with Crippen molar-refractivity contribution in [3.8, 4) is 0 Å². The van der Waals surface area contributed by atoms with Crippen LogP contribution in [0.15, 0.2) is 24.3 Å².